The second-order valence-corrected chi connectivity index (χ2v) is 9.04. The first-order valence-corrected chi connectivity index (χ1v) is 11.4. The predicted octanol–water partition coefficient (Wildman–Crippen LogP) is 3.56. The van der Waals surface area contributed by atoms with Crippen LogP contribution in [0.1, 0.15) is 44.0 Å². The van der Waals surface area contributed by atoms with Gasteiger partial charge in [-0.15, -0.1) is 0 Å². The van der Waals surface area contributed by atoms with Crippen molar-refractivity contribution in [3.63, 3.8) is 0 Å². The summed E-state index contributed by atoms with van der Waals surface area (Å²) in [6.45, 7) is 7.68. The third-order valence-corrected chi connectivity index (χ3v) is 6.25. The van der Waals surface area contributed by atoms with E-state index in [0.717, 1.165) is 23.7 Å². The first kappa shape index (κ1) is 22.1. The summed E-state index contributed by atoms with van der Waals surface area (Å²) in [5.41, 5.74) is 1.88. The Morgan fingerprint density at radius 1 is 1.22 bits per heavy atom. The van der Waals surface area contributed by atoms with Crippen molar-refractivity contribution in [3.05, 3.63) is 46.4 Å². The molecule has 170 valence electrons. The number of aryl methyl sites for hydroxylation is 1. The third-order valence-electron chi connectivity index (χ3n) is 6.25. The zero-order chi connectivity index (χ0) is 23.0. The molecule has 3 aromatic rings. The normalized spacial score (nSPS) is 16.8. The minimum absolute atomic E-state index is 0.0907. The fourth-order valence-corrected chi connectivity index (χ4v) is 4.81. The maximum absolute atomic E-state index is 13.8. The van der Waals surface area contributed by atoms with Crippen LogP contribution in [0, 0.1) is 11.8 Å². The fourth-order valence-electron chi connectivity index (χ4n) is 4.81. The second kappa shape index (κ2) is 8.81. The molecule has 32 heavy (non-hydrogen) atoms. The van der Waals surface area contributed by atoms with Gasteiger partial charge in [-0.1, -0.05) is 32.0 Å². The zero-order valence-corrected chi connectivity index (χ0v) is 19.3. The van der Waals surface area contributed by atoms with Crippen molar-refractivity contribution in [3.8, 4) is 0 Å². The molecular formula is C25H31N3O4. The van der Waals surface area contributed by atoms with Crippen LogP contribution in [0.4, 0.5) is 0 Å². The first-order chi connectivity index (χ1) is 15.3. The Morgan fingerprint density at radius 3 is 2.69 bits per heavy atom. The van der Waals surface area contributed by atoms with Crippen LogP contribution in [0.3, 0.4) is 0 Å². The number of nitrogens with zero attached hydrogens (tertiary/aromatic N) is 3. The topological polar surface area (TPSA) is 73.5 Å². The molecule has 1 amide bonds. The second-order valence-electron chi connectivity index (χ2n) is 9.04. The number of carbonyl (C=O) groups excluding carboxylic acids is 2. The summed E-state index contributed by atoms with van der Waals surface area (Å²) in [4.78, 5) is 41.2. The molecule has 1 aliphatic rings. The molecule has 1 fully saturated rings. The number of benzene rings is 1. The van der Waals surface area contributed by atoms with Crippen LogP contribution < -0.4 is 5.56 Å². The van der Waals surface area contributed by atoms with Crippen LogP contribution in [-0.4, -0.2) is 45.6 Å². The lowest BCUT2D eigenvalue weighted by atomic mass is 9.97. The van der Waals surface area contributed by atoms with E-state index in [4.69, 9.17) is 4.74 Å². The molecule has 3 heterocycles. The molecule has 1 saturated heterocycles. The van der Waals surface area contributed by atoms with Crippen molar-refractivity contribution in [1.29, 1.82) is 0 Å². The van der Waals surface area contributed by atoms with E-state index >= 15 is 0 Å². The minimum atomic E-state index is -0.308. The van der Waals surface area contributed by atoms with Gasteiger partial charge in [-0.2, -0.15) is 0 Å². The van der Waals surface area contributed by atoms with Gasteiger partial charge in [0.25, 0.3) is 11.5 Å². The van der Waals surface area contributed by atoms with Gasteiger partial charge >= 0.3 is 5.97 Å². The van der Waals surface area contributed by atoms with Crippen LogP contribution in [0.2, 0.25) is 0 Å². The average molecular weight is 438 g/mol. The number of esters is 1. The van der Waals surface area contributed by atoms with E-state index in [0.29, 0.717) is 42.7 Å². The Bertz CT molecular complexity index is 1240. The molecule has 1 unspecified atom stereocenters. The van der Waals surface area contributed by atoms with Crippen molar-refractivity contribution >= 4 is 33.7 Å². The van der Waals surface area contributed by atoms with E-state index in [9.17, 15) is 14.4 Å². The Labute approximate surface area is 187 Å². The van der Waals surface area contributed by atoms with Crippen molar-refractivity contribution in [2.45, 2.75) is 40.2 Å². The predicted molar refractivity (Wildman–Crippen MR) is 125 cm³/mol. The molecule has 1 aromatic carbocycles. The Morgan fingerprint density at radius 2 is 1.97 bits per heavy atom. The number of ether oxygens (including phenoxy) is 1. The van der Waals surface area contributed by atoms with Crippen molar-refractivity contribution in [2.75, 3.05) is 19.7 Å². The van der Waals surface area contributed by atoms with E-state index in [1.807, 2.05) is 49.7 Å². The van der Waals surface area contributed by atoms with Crippen molar-refractivity contribution in [2.24, 2.45) is 18.9 Å². The molecule has 0 saturated carbocycles. The standard InChI is InChI=1S/C25H31N3O4/c1-5-32-25(31)17-9-8-12-27(14-17)23(29)19-15-28(13-16(2)3)24(30)22-21(19)18-10-6-7-11-20(18)26(22)4/h6-7,10-11,15-17H,5,8-9,12-14H2,1-4H3. The number of amides is 1. The number of aromatic nitrogens is 2. The van der Waals surface area contributed by atoms with Crippen LogP contribution in [0.15, 0.2) is 35.3 Å². The average Bonchev–Trinajstić information content (AvgIpc) is 3.08. The highest BCUT2D eigenvalue weighted by Crippen LogP contribution is 2.30. The number of likely N-dealkylation sites (tertiary alicyclic amines) is 1. The summed E-state index contributed by atoms with van der Waals surface area (Å²) in [5.74, 6) is -0.439. The number of hydrogen-bond acceptors (Lipinski definition) is 4. The lowest BCUT2D eigenvalue weighted by Crippen LogP contribution is -2.43. The molecule has 2 aromatic heterocycles. The molecule has 7 heteroatoms. The Hall–Kier alpha value is -3.09. The van der Waals surface area contributed by atoms with E-state index in [1.54, 1.807) is 22.6 Å². The van der Waals surface area contributed by atoms with E-state index < -0.39 is 0 Å². The molecule has 1 aliphatic heterocycles. The molecule has 0 spiro atoms. The van der Waals surface area contributed by atoms with Crippen LogP contribution in [0.25, 0.3) is 21.8 Å². The summed E-state index contributed by atoms with van der Waals surface area (Å²) in [7, 11) is 1.87. The smallest absolute Gasteiger partial charge is 0.310 e. The van der Waals surface area contributed by atoms with E-state index in [1.165, 1.54) is 0 Å². The van der Waals surface area contributed by atoms with Gasteiger partial charge in [0.05, 0.1) is 18.1 Å². The lowest BCUT2D eigenvalue weighted by Gasteiger charge is -2.32. The summed E-state index contributed by atoms with van der Waals surface area (Å²) in [6.07, 6.45) is 3.19. The number of rotatable bonds is 5. The highest BCUT2D eigenvalue weighted by atomic mass is 16.5. The maximum Gasteiger partial charge on any atom is 0.310 e. The van der Waals surface area contributed by atoms with Gasteiger partial charge in [0.2, 0.25) is 0 Å². The number of piperidine rings is 1. The number of carbonyl (C=O) groups is 2. The Kier molecular flexibility index (Phi) is 6.09. The monoisotopic (exact) mass is 437 g/mol. The zero-order valence-electron chi connectivity index (χ0n) is 19.3. The van der Waals surface area contributed by atoms with Crippen LogP contribution >= 0.6 is 0 Å². The summed E-state index contributed by atoms with van der Waals surface area (Å²) in [6, 6.07) is 7.78. The molecule has 0 N–H and O–H groups in total. The molecule has 4 rings (SSSR count). The van der Waals surface area contributed by atoms with Gasteiger partial charge in [-0.05, 0) is 31.7 Å². The summed E-state index contributed by atoms with van der Waals surface area (Å²) < 4.78 is 8.75. The third kappa shape index (κ3) is 3.80. The summed E-state index contributed by atoms with van der Waals surface area (Å²) in [5, 5.41) is 1.58. The van der Waals surface area contributed by atoms with Crippen molar-refractivity contribution in [1.82, 2.24) is 14.0 Å². The number of para-hydroxylation sites is 1. The molecule has 0 bridgehead atoms. The van der Waals surface area contributed by atoms with Gasteiger partial charge in [0, 0.05) is 49.2 Å². The van der Waals surface area contributed by atoms with Gasteiger partial charge in [0.1, 0.15) is 5.52 Å². The first-order valence-electron chi connectivity index (χ1n) is 11.4. The van der Waals surface area contributed by atoms with Crippen LogP contribution in [-0.2, 0) is 23.1 Å². The van der Waals surface area contributed by atoms with Gasteiger partial charge < -0.3 is 18.8 Å². The van der Waals surface area contributed by atoms with Crippen molar-refractivity contribution < 1.29 is 14.3 Å². The largest absolute Gasteiger partial charge is 0.466 e. The Balaban J connectivity index is 1.86. The van der Waals surface area contributed by atoms with Crippen LogP contribution in [0.5, 0.6) is 0 Å². The van der Waals surface area contributed by atoms with Gasteiger partial charge in [-0.3, -0.25) is 14.4 Å². The SMILES string of the molecule is CCOC(=O)C1CCCN(C(=O)c2cn(CC(C)C)c(=O)c3c2c2ccccc2n3C)C1. The molecule has 0 aliphatic carbocycles. The number of fused-ring (bicyclic) bond motifs is 3. The quantitative estimate of drug-likeness (QED) is 0.572. The molecule has 7 nitrogen and oxygen atoms in total. The number of hydrogen-bond donors (Lipinski definition) is 0. The van der Waals surface area contributed by atoms with E-state index in [2.05, 4.69) is 0 Å². The summed E-state index contributed by atoms with van der Waals surface area (Å²) >= 11 is 0. The molecule has 0 radical (unpaired) electrons. The highest BCUT2D eigenvalue weighted by Gasteiger charge is 2.31. The van der Waals surface area contributed by atoms with E-state index in [-0.39, 0.29) is 29.3 Å². The van der Waals surface area contributed by atoms with Gasteiger partial charge in [0.15, 0.2) is 0 Å². The minimum Gasteiger partial charge on any atom is -0.466 e. The number of pyridine rings is 1. The molecular weight excluding hydrogens is 406 g/mol. The highest BCUT2D eigenvalue weighted by molar-refractivity contribution is 6.17. The fraction of sp³-hybridized carbons (Fsp3) is 0.480. The van der Waals surface area contributed by atoms with Gasteiger partial charge in [-0.25, -0.2) is 0 Å². The molecule has 1 atom stereocenters. The maximum atomic E-state index is 13.8. The lowest BCUT2D eigenvalue weighted by molar-refractivity contribution is -0.149.